The van der Waals surface area contributed by atoms with Crippen LogP contribution in [0.5, 0.6) is 0 Å². The molecule has 1 nitrogen and oxygen atoms in total. The van der Waals surface area contributed by atoms with Crippen LogP contribution in [0.3, 0.4) is 0 Å². The van der Waals surface area contributed by atoms with Crippen LogP contribution in [0.1, 0.15) is 0 Å². The summed E-state index contributed by atoms with van der Waals surface area (Å²) in [5.41, 5.74) is 6.95. The van der Waals surface area contributed by atoms with E-state index in [2.05, 4.69) is 83.8 Å². The smallest absolute Gasteiger partial charge is 0.0780 e. The first-order valence-corrected chi connectivity index (χ1v) is 8.09. The van der Waals surface area contributed by atoms with Gasteiger partial charge in [-0.15, -0.1) is 0 Å². The van der Waals surface area contributed by atoms with Crippen molar-refractivity contribution < 1.29 is 0 Å². The Morgan fingerprint density at radius 3 is 1.67 bits per heavy atom. The molecule has 24 heavy (non-hydrogen) atoms. The molecule has 0 aliphatic rings. The van der Waals surface area contributed by atoms with Gasteiger partial charge in [0.15, 0.2) is 0 Å². The quantitative estimate of drug-likeness (QED) is 0.447. The molecule has 114 valence electrons. The molecule has 3 aromatic carbocycles. The van der Waals surface area contributed by atoms with Crippen LogP contribution in [-0.2, 0) is 0 Å². The van der Waals surface area contributed by atoms with E-state index in [1.165, 1.54) is 16.7 Å². The maximum absolute atomic E-state index is 4.66. The minimum absolute atomic E-state index is 1.02. The van der Waals surface area contributed by atoms with Gasteiger partial charge in [0.25, 0.3) is 0 Å². The second-order valence-electron chi connectivity index (χ2n) is 5.68. The Labute approximate surface area is 142 Å². The average Bonchev–Trinajstić information content (AvgIpc) is 2.69. The fourth-order valence-electron chi connectivity index (χ4n) is 3.04. The van der Waals surface area contributed by atoms with Crippen molar-refractivity contribution in [2.24, 2.45) is 0 Å². The van der Waals surface area contributed by atoms with Crippen LogP contribution in [0.2, 0.25) is 0 Å². The van der Waals surface area contributed by atoms with E-state index in [0.717, 1.165) is 16.8 Å². The predicted molar refractivity (Wildman–Crippen MR) is 101 cm³/mol. The van der Waals surface area contributed by atoms with Gasteiger partial charge < -0.3 is 0 Å². The molecule has 4 rings (SSSR count). The summed E-state index contributed by atoms with van der Waals surface area (Å²) >= 11 is 0. The van der Waals surface area contributed by atoms with Crippen molar-refractivity contribution in [1.29, 1.82) is 0 Å². The lowest BCUT2D eigenvalue weighted by molar-refractivity contribution is 1.32. The molecular weight excluding hydrogens is 290 g/mol. The zero-order chi connectivity index (χ0) is 16.2. The van der Waals surface area contributed by atoms with Crippen LogP contribution in [0, 0.1) is 0 Å². The van der Waals surface area contributed by atoms with Crippen molar-refractivity contribution in [2.75, 3.05) is 0 Å². The third-order valence-corrected chi connectivity index (χ3v) is 4.16. The van der Waals surface area contributed by atoms with Crippen molar-refractivity contribution in [3.8, 4) is 33.5 Å². The molecule has 0 aliphatic heterocycles. The molecular formula is C23H17N. The van der Waals surface area contributed by atoms with E-state index >= 15 is 0 Å². The highest BCUT2D eigenvalue weighted by atomic mass is 14.7. The van der Waals surface area contributed by atoms with Crippen molar-refractivity contribution in [3.63, 3.8) is 0 Å². The van der Waals surface area contributed by atoms with Gasteiger partial charge >= 0.3 is 0 Å². The minimum atomic E-state index is 1.02. The maximum Gasteiger partial charge on any atom is 0.0780 e. The number of aromatic nitrogens is 1. The summed E-state index contributed by atoms with van der Waals surface area (Å²) in [6.45, 7) is 0. The highest BCUT2D eigenvalue weighted by molar-refractivity contribution is 5.89. The van der Waals surface area contributed by atoms with Crippen LogP contribution in [0.4, 0.5) is 0 Å². The maximum atomic E-state index is 4.66. The standard InChI is InChI=1S/C23H17N/c1-3-10-18(11-4-1)20-14-7-8-15-21(20)22-16-9-17-24-23(22)19-12-5-2-6-13-19/h1-17H. The van der Waals surface area contributed by atoms with Gasteiger partial charge in [0.1, 0.15) is 0 Å². The summed E-state index contributed by atoms with van der Waals surface area (Å²) in [7, 11) is 0. The second kappa shape index (κ2) is 6.51. The number of pyridine rings is 1. The summed E-state index contributed by atoms with van der Waals surface area (Å²) in [5, 5.41) is 0. The topological polar surface area (TPSA) is 12.9 Å². The molecule has 0 atom stereocenters. The van der Waals surface area contributed by atoms with Crippen molar-refractivity contribution in [1.82, 2.24) is 4.98 Å². The molecule has 0 amide bonds. The molecule has 0 fully saturated rings. The van der Waals surface area contributed by atoms with Crippen LogP contribution in [0.25, 0.3) is 33.5 Å². The van der Waals surface area contributed by atoms with Gasteiger partial charge in [-0.25, -0.2) is 0 Å². The fourth-order valence-corrected chi connectivity index (χ4v) is 3.04. The molecule has 0 N–H and O–H groups in total. The van der Waals surface area contributed by atoms with Gasteiger partial charge in [0.2, 0.25) is 0 Å². The molecule has 0 aliphatic carbocycles. The molecule has 0 radical (unpaired) electrons. The summed E-state index contributed by atoms with van der Waals surface area (Å²) in [5.74, 6) is 0. The number of benzene rings is 3. The lowest BCUT2D eigenvalue weighted by atomic mass is 9.92. The summed E-state index contributed by atoms with van der Waals surface area (Å²) in [6, 6.07) is 33.5. The molecule has 0 spiro atoms. The molecule has 0 saturated heterocycles. The third-order valence-electron chi connectivity index (χ3n) is 4.16. The minimum Gasteiger partial charge on any atom is -0.256 e. The third kappa shape index (κ3) is 2.72. The van der Waals surface area contributed by atoms with Gasteiger partial charge in [-0.05, 0) is 22.8 Å². The molecule has 0 saturated carbocycles. The normalized spacial score (nSPS) is 10.5. The number of hydrogen-bond acceptors (Lipinski definition) is 1. The Hall–Kier alpha value is -3.19. The highest BCUT2D eigenvalue weighted by Gasteiger charge is 2.12. The van der Waals surface area contributed by atoms with E-state index in [0.29, 0.717) is 0 Å². The van der Waals surface area contributed by atoms with E-state index in [1.807, 2.05) is 24.4 Å². The van der Waals surface area contributed by atoms with Crippen LogP contribution < -0.4 is 0 Å². The Balaban J connectivity index is 1.93. The summed E-state index contributed by atoms with van der Waals surface area (Å²) < 4.78 is 0. The van der Waals surface area contributed by atoms with E-state index in [4.69, 9.17) is 0 Å². The zero-order valence-corrected chi connectivity index (χ0v) is 13.3. The molecule has 0 unspecified atom stereocenters. The van der Waals surface area contributed by atoms with Crippen LogP contribution in [0.15, 0.2) is 103 Å². The average molecular weight is 307 g/mol. The van der Waals surface area contributed by atoms with E-state index in [9.17, 15) is 0 Å². The first-order valence-electron chi connectivity index (χ1n) is 8.09. The fraction of sp³-hybridized carbons (Fsp3) is 0. The van der Waals surface area contributed by atoms with Gasteiger partial charge in [0, 0.05) is 17.3 Å². The van der Waals surface area contributed by atoms with Crippen molar-refractivity contribution >= 4 is 0 Å². The van der Waals surface area contributed by atoms with Gasteiger partial charge in [-0.2, -0.15) is 0 Å². The lowest BCUT2D eigenvalue weighted by Crippen LogP contribution is -1.91. The van der Waals surface area contributed by atoms with E-state index in [-0.39, 0.29) is 0 Å². The second-order valence-corrected chi connectivity index (χ2v) is 5.68. The molecule has 1 heteroatoms. The molecule has 1 heterocycles. The van der Waals surface area contributed by atoms with Crippen LogP contribution in [-0.4, -0.2) is 4.98 Å². The Morgan fingerprint density at radius 1 is 0.417 bits per heavy atom. The number of rotatable bonds is 3. The first kappa shape index (κ1) is 14.4. The van der Waals surface area contributed by atoms with Crippen molar-refractivity contribution in [3.05, 3.63) is 103 Å². The zero-order valence-electron chi connectivity index (χ0n) is 13.3. The van der Waals surface area contributed by atoms with E-state index in [1.54, 1.807) is 0 Å². The Kier molecular flexibility index (Phi) is 3.91. The van der Waals surface area contributed by atoms with Crippen LogP contribution >= 0.6 is 0 Å². The van der Waals surface area contributed by atoms with Crippen molar-refractivity contribution in [2.45, 2.75) is 0 Å². The van der Waals surface area contributed by atoms with Gasteiger partial charge in [-0.1, -0.05) is 91.0 Å². The highest BCUT2D eigenvalue weighted by Crippen LogP contribution is 2.36. The number of hydrogen-bond donors (Lipinski definition) is 0. The Bertz CT molecular complexity index is 863. The molecule has 4 aromatic rings. The van der Waals surface area contributed by atoms with Gasteiger partial charge in [0.05, 0.1) is 5.69 Å². The Morgan fingerprint density at radius 2 is 0.958 bits per heavy atom. The summed E-state index contributed by atoms with van der Waals surface area (Å²) in [4.78, 5) is 4.66. The lowest BCUT2D eigenvalue weighted by Gasteiger charge is -2.13. The predicted octanol–water partition coefficient (Wildman–Crippen LogP) is 6.08. The van der Waals surface area contributed by atoms with E-state index < -0.39 is 0 Å². The first-order chi connectivity index (χ1) is 11.9. The molecule has 1 aromatic heterocycles. The monoisotopic (exact) mass is 307 g/mol. The molecule has 0 bridgehead atoms. The SMILES string of the molecule is c1ccc(-c2ccccc2-c2cccnc2-c2ccccc2)cc1. The largest absolute Gasteiger partial charge is 0.256 e. The van der Waals surface area contributed by atoms with Gasteiger partial charge in [-0.3, -0.25) is 4.98 Å². The summed E-state index contributed by atoms with van der Waals surface area (Å²) in [6.07, 6.45) is 1.86. The number of nitrogens with zero attached hydrogens (tertiary/aromatic N) is 1.